The van der Waals surface area contributed by atoms with Crippen molar-refractivity contribution in [1.82, 2.24) is 4.98 Å². The highest BCUT2D eigenvalue weighted by Gasteiger charge is 2.14. The van der Waals surface area contributed by atoms with Gasteiger partial charge in [-0.1, -0.05) is 90.5 Å². The maximum atomic E-state index is 6.21. The van der Waals surface area contributed by atoms with Crippen LogP contribution in [0.3, 0.4) is 0 Å². The Kier molecular flexibility index (Phi) is 4.36. The number of oxazole rings is 1. The van der Waals surface area contributed by atoms with Crippen LogP contribution >= 0.6 is 0 Å². The molecule has 152 valence electrons. The Bertz CT molecular complexity index is 1570. The van der Waals surface area contributed by atoms with Crippen LogP contribution in [0.2, 0.25) is 0 Å². The summed E-state index contributed by atoms with van der Waals surface area (Å²) in [5, 5.41) is 4.87. The van der Waals surface area contributed by atoms with Crippen LogP contribution in [-0.4, -0.2) is 4.98 Å². The molecule has 2 nitrogen and oxygen atoms in total. The standard InChI is InChI=1S/C30H21NO/c1-20-13-15-22(16-14-20)30-31-19-29(32-30)28-18-17-27(25-10-4-5-11-26(25)28)24-12-6-8-21-7-2-3-9-23(21)24/h2-19H,1H3. The summed E-state index contributed by atoms with van der Waals surface area (Å²) in [7, 11) is 0. The number of rotatable bonds is 3. The molecule has 32 heavy (non-hydrogen) atoms. The van der Waals surface area contributed by atoms with E-state index in [1.165, 1.54) is 32.8 Å². The summed E-state index contributed by atoms with van der Waals surface area (Å²) in [6.07, 6.45) is 1.83. The third kappa shape index (κ3) is 3.09. The Balaban J connectivity index is 1.52. The lowest BCUT2D eigenvalue weighted by atomic mass is 9.91. The maximum absolute atomic E-state index is 6.21. The number of benzene rings is 5. The Morgan fingerprint density at radius 3 is 2.00 bits per heavy atom. The molecule has 2 heteroatoms. The predicted molar refractivity (Wildman–Crippen MR) is 133 cm³/mol. The van der Waals surface area contributed by atoms with Gasteiger partial charge in [0.2, 0.25) is 5.89 Å². The van der Waals surface area contributed by atoms with E-state index in [1.54, 1.807) is 0 Å². The molecule has 0 saturated heterocycles. The average molecular weight is 412 g/mol. The van der Waals surface area contributed by atoms with Gasteiger partial charge in [0.05, 0.1) is 6.20 Å². The molecule has 0 N–H and O–H groups in total. The highest BCUT2D eigenvalue weighted by molar-refractivity contribution is 6.09. The molecule has 0 unspecified atom stereocenters. The van der Waals surface area contributed by atoms with E-state index in [2.05, 4.69) is 103 Å². The lowest BCUT2D eigenvalue weighted by molar-refractivity contribution is 0.589. The molecular formula is C30H21NO. The zero-order chi connectivity index (χ0) is 21.5. The van der Waals surface area contributed by atoms with Crippen molar-refractivity contribution in [2.45, 2.75) is 6.92 Å². The van der Waals surface area contributed by atoms with Gasteiger partial charge in [0.1, 0.15) is 0 Å². The van der Waals surface area contributed by atoms with Crippen LogP contribution < -0.4 is 0 Å². The van der Waals surface area contributed by atoms with E-state index in [0.717, 1.165) is 22.3 Å². The van der Waals surface area contributed by atoms with Crippen LogP contribution in [-0.2, 0) is 0 Å². The topological polar surface area (TPSA) is 26.0 Å². The second-order valence-corrected chi connectivity index (χ2v) is 8.13. The fourth-order valence-electron chi connectivity index (χ4n) is 4.44. The molecule has 6 rings (SSSR count). The smallest absolute Gasteiger partial charge is 0.226 e. The van der Waals surface area contributed by atoms with Crippen LogP contribution in [0, 0.1) is 6.92 Å². The monoisotopic (exact) mass is 411 g/mol. The average Bonchev–Trinajstić information content (AvgIpc) is 3.33. The van der Waals surface area contributed by atoms with Crippen LogP contribution in [0.4, 0.5) is 0 Å². The van der Waals surface area contributed by atoms with Crippen LogP contribution in [0.15, 0.2) is 114 Å². The van der Waals surface area contributed by atoms with Crippen molar-refractivity contribution in [2.24, 2.45) is 0 Å². The Morgan fingerprint density at radius 1 is 0.562 bits per heavy atom. The minimum atomic E-state index is 0.641. The van der Waals surface area contributed by atoms with Crippen molar-refractivity contribution in [3.8, 4) is 33.9 Å². The summed E-state index contributed by atoms with van der Waals surface area (Å²) in [6, 6.07) is 36.2. The van der Waals surface area contributed by atoms with E-state index >= 15 is 0 Å². The molecule has 0 aliphatic rings. The lowest BCUT2D eigenvalue weighted by Gasteiger charge is -2.12. The molecule has 0 radical (unpaired) electrons. The summed E-state index contributed by atoms with van der Waals surface area (Å²) >= 11 is 0. The Morgan fingerprint density at radius 2 is 1.19 bits per heavy atom. The van der Waals surface area contributed by atoms with Crippen LogP contribution in [0.25, 0.3) is 55.4 Å². The minimum absolute atomic E-state index is 0.641. The van der Waals surface area contributed by atoms with Gasteiger partial charge in [0.15, 0.2) is 5.76 Å². The third-order valence-electron chi connectivity index (χ3n) is 6.07. The molecule has 1 heterocycles. The van der Waals surface area contributed by atoms with Crippen molar-refractivity contribution in [2.75, 3.05) is 0 Å². The fraction of sp³-hybridized carbons (Fsp3) is 0.0333. The zero-order valence-electron chi connectivity index (χ0n) is 17.7. The van der Waals surface area contributed by atoms with Crippen molar-refractivity contribution >= 4 is 21.5 Å². The molecule has 0 fully saturated rings. The first kappa shape index (κ1) is 18.6. The number of aryl methyl sites for hydroxylation is 1. The molecule has 0 bridgehead atoms. The summed E-state index contributed by atoms with van der Waals surface area (Å²) in [5.74, 6) is 1.42. The SMILES string of the molecule is Cc1ccc(-c2ncc(-c3ccc(-c4cccc5ccccc45)c4ccccc34)o2)cc1. The van der Waals surface area contributed by atoms with Gasteiger partial charge in [-0.15, -0.1) is 0 Å². The molecule has 0 saturated carbocycles. The molecule has 1 aromatic heterocycles. The Labute approximate surface area is 186 Å². The second-order valence-electron chi connectivity index (χ2n) is 8.13. The van der Waals surface area contributed by atoms with Gasteiger partial charge in [-0.05, 0) is 57.8 Å². The van der Waals surface area contributed by atoms with E-state index in [4.69, 9.17) is 4.42 Å². The largest absolute Gasteiger partial charge is 0.436 e. The predicted octanol–water partition coefficient (Wildman–Crippen LogP) is 8.29. The van der Waals surface area contributed by atoms with Gasteiger partial charge in [-0.3, -0.25) is 0 Å². The summed E-state index contributed by atoms with van der Waals surface area (Å²) < 4.78 is 6.21. The van der Waals surface area contributed by atoms with Crippen molar-refractivity contribution in [3.63, 3.8) is 0 Å². The normalized spacial score (nSPS) is 11.3. The number of hydrogen-bond acceptors (Lipinski definition) is 2. The lowest BCUT2D eigenvalue weighted by Crippen LogP contribution is -1.86. The van der Waals surface area contributed by atoms with E-state index < -0.39 is 0 Å². The van der Waals surface area contributed by atoms with Gasteiger partial charge < -0.3 is 4.42 Å². The molecule has 0 atom stereocenters. The highest BCUT2D eigenvalue weighted by Crippen LogP contribution is 2.39. The third-order valence-corrected chi connectivity index (χ3v) is 6.07. The second kappa shape index (κ2) is 7.51. The van der Waals surface area contributed by atoms with Crippen molar-refractivity contribution in [1.29, 1.82) is 0 Å². The van der Waals surface area contributed by atoms with Crippen molar-refractivity contribution < 1.29 is 4.42 Å². The minimum Gasteiger partial charge on any atom is -0.436 e. The van der Waals surface area contributed by atoms with Gasteiger partial charge in [-0.25, -0.2) is 4.98 Å². The molecule has 0 aliphatic carbocycles. The van der Waals surface area contributed by atoms with Gasteiger partial charge in [0.25, 0.3) is 0 Å². The molecule has 6 aromatic rings. The molecule has 0 aliphatic heterocycles. The van der Waals surface area contributed by atoms with Gasteiger partial charge in [0, 0.05) is 11.1 Å². The first-order valence-corrected chi connectivity index (χ1v) is 10.8. The van der Waals surface area contributed by atoms with E-state index in [1.807, 2.05) is 18.3 Å². The molecule has 0 spiro atoms. The van der Waals surface area contributed by atoms with E-state index in [9.17, 15) is 0 Å². The summed E-state index contributed by atoms with van der Waals surface area (Å²) in [4.78, 5) is 4.55. The van der Waals surface area contributed by atoms with Crippen LogP contribution in [0.1, 0.15) is 5.56 Å². The maximum Gasteiger partial charge on any atom is 0.226 e. The first-order valence-electron chi connectivity index (χ1n) is 10.8. The Hall–Kier alpha value is -4.17. The number of aromatic nitrogens is 1. The highest BCUT2D eigenvalue weighted by atomic mass is 16.4. The number of fused-ring (bicyclic) bond motifs is 2. The van der Waals surface area contributed by atoms with E-state index in [-0.39, 0.29) is 0 Å². The van der Waals surface area contributed by atoms with Gasteiger partial charge >= 0.3 is 0 Å². The molecular weight excluding hydrogens is 390 g/mol. The summed E-state index contributed by atoms with van der Waals surface area (Å²) in [5.41, 5.74) is 5.72. The fourth-order valence-corrected chi connectivity index (χ4v) is 4.44. The van der Waals surface area contributed by atoms with Gasteiger partial charge in [-0.2, -0.15) is 0 Å². The quantitative estimate of drug-likeness (QED) is 0.293. The van der Waals surface area contributed by atoms with Crippen LogP contribution in [0.5, 0.6) is 0 Å². The van der Waals surface area contributed by atoms with Crippen molar-refractivity contribution in [3.05, 3.63) is 115 Å². The number of nitrogens with zero attached hydrogens (tertiary/aromatic N) is 1. The molecule has 0 amide bonds. The zero-order valence-corrected chi connectivity index (χ0v) is 17.7. The first-order chi connectivity index (χ1) is 15.8. The number of hydrogen-bond donors (Lipinski definition) is 0. The molecule has 5 aromatic carbocycles. The van der Waals surface area contributed by atoms with E-state index in [0.29, 0.717) is 5.89 Å². The summed E-state index contributed by atoms with van der Waals surface area (Å²) in [6.45, 7) is 2.08.